The number of hydrogen-bond acceptors (Lipinski definition) is 4. The van der Waals surface area contributed by atoms with Crippen LogP contribution in [0.1, 0.15) is 0 Å². The van der Waals surface area contributed by atoms with Gasteiger partial charge in [-0.1, -0.05) is 0 Å². The smallest absolute Gasteiger partial charge is 0.790 e. The van der Waals surface area contributed by atoms with Gasteiger partial charge in [-0.2, -0.15) is 0 Å². The van der Waals surface area contributed by atoms with Crippen LogP contribution in [0.25, 0.3) is 0 Å². The quantitative estimate of drug-likeness (QED) is 0.312. The van der Waals surface area contributed by atoms with Crippen LogP contribution < -0.4 is 11.8 Å². The summed E-state index contributed by atoms with van der Waals surface area (Å²) >= 11 is 0. The molecule has 0 radical (unpaired) electrons. The Hall–Kier alpha value is 0.359. The van der Waals surface area contributed by atoms with Crippen LogP contribution in [-0.4, -0.2) is 0 Å². The van der Waals surface area contributed by atoms with Crippen molar-refractivity contribution >= 4 is 0 Å². The van der Waals surface area contributed by atoms with E-state index in [0.717, 1.165) is 0 Å². The van der Waals surface area contributed by atoms with Gasteiger partial charge in [0.15, 0.2) is 0 Å². The second-order valence-corrected chi connectivity index (χ2v) is 0. The van der Waals surface area contributed by atoms with Crippen molar-refractivity contribution in [1.82, 2.24) is 0 Å². The zero-order chi connectivity index (χ0) is 4.00. The molecule has 0 atom stereocenters. The Morgan fingerprint density at radius 2 is 0.800 bits per heavy atom. The first kappa shape index (κ1) is 18.3. The molecule has 0 aromatic carbocycles. The predicted molar refractivity (Wildman–Crippen MR) is 15.1 cm³/mol. The summed E-state index contributed by atoms with van der Waals surface area (Å²) in [5.41, 5.74) is 0. The summed E-state index contributed by atoms with van der Waals surface area (Å²) in [6.07, 6.45) is 0. The SMILES string of the molecule is N[O-].N[O-].[Fe+2]. The minimum absolute atomic E-state index is 0. The molecule has 0 saturated carbocycles. The van der Waals surface area contributed by atoms with Crippen molar-refractivity contribution in [1.29, 1.82) is 0 Å². The molecule has 0 rings (SSSR count). The van der Waals surface area contributed by atoms with Gasteiger partial charge in [0.2, 0.25) is 0 Å². The summed E-state index contributed by atoms with van der Waals surface area (Å²) in [5.74, 6) is 6.50. The minimum Gasteiger partial charge on any atom is -0.790 e. The van der Waals surface area contributed by atoms with Crippen LogP contribution in [-0.2, 0) is 17.1 Å². The van der Waals surface area contributed by atoms with Crippen molar-refractivity contribution in [3.63, 3.8) is 0 Å². The molecule has 0 aromatic heterocycles. The molecule has 0 fully saturated rings. The van der Waals surface area contributed by atoms with Crippen molar-refractivity contribution in [2.45, 2.75) is 0 Å². The molecule has 5 heavy (non-hydrogen) atoms. The molecular formula is H4FeN2O2. The van der Waals surface area contributed by atoms with Gasteiger partial charge >= 0.3 is 17.1 Å². The average molecular weight is 120 g/mol. The second-order valence-electron chi connectivity index (χ2n) is 0. The van der Waals surface area contributed by atoms with Gasteiger partial charge in [0, 0.05) is 0 Å². The van der Waals surface area contributed by atoms with Gasteiger partial charge in [-0.15, -0.1) is 0 Å². The Labute approximate surface area is 40.2 Å². The number of hydrogen-bond donors (Lipinski definition) is 2. The van der Waals surface area contributed by atoms with Crippen molar-refractivity contribution in [3.05, 3.63) is 10.4 Å². The van der Waals surface area contributed by atoms with E-state index in [0.29, 0.717) is 0 Å². The molecule has 4 N–H and O–H groups in total. The van der Waals surface area contributed by atoms with Gasteiger partial charge in [0.25, 0.3) is 0 Å². The maximum absolute atomic E-state index is 7.75. The van der Waals surface area contributed by atoms with Crippen LogP contribution in [0.4, 0.5) is 0 Å². The summed E-state index contributed by atoms with van der Waals surface area (Å²) < 4.78 is 0. The van der Waals surface area contributed by atoms with E-state index < -0.39 is 0 Å². The van der Waals surface area contributed by atoms with Crippen LogP contribution in [0, 0.1) is 10.4 Å². The summed E-state index contributed by atoms with van der Waals surface area (Å²) in [6.45, 7) is 0. The Morgan fingerprint density at radius 3 is 0.800 bits per heavy atom. The molecule has 0 heterocycles. The Balaban J connectivity index is -0.0000000133. The molecule has 0 unspecified atom stereocenters. The molecule has 0 aliphatic carbocycles. The van der Waals surface area contributed by atoms with Gasteiger partial charge in [-0.25, -0.2) is 0 Å². The van der Waals surface area contributed by atoms with Gasteiger partial charge in [-0.05, 0) is 0 Å². The molecule has 0 saturated heterocycles. The first-order valence-electron chi connectivity index (χ1n) is 0.471. The number of rotatable bonds is 0. The minimum atomic E-state index is 0. The van der Waals surface area contributed by atoms with Crippen molar-refractivity contribution in [3.8, 4) is 0 Å². The third kappa shape index (κ3) is 188. The molecule has 0 spiro atoms. The molecule has 0 aliphatic rings. The van der Waals surface area contributed by atoms with Crippen LogP contribution in [0.2, 0.25) is 0 Å². The van der Waals surface area contributed by atoms with Crippen LogP contribution in [0.15, 0.2) is 0 Å². The van der Waals surface area contributed by atoms with E-state index in [9.17, 15) is 0 Å². The van der Waals surface area contributed by atoms with E-state index in [1.807, 2.05) is 0 Å². The molecule has 4 nitrogen and oxygen atoms in total. The fraction of sp³-hybridized carbons (Fsp3) is 0. The fourth-order valence-electron chi connectivity index (χ4n) is 0. The zero-order valence-electron chi connectivity index (χ0n) is 2.32. The maximum Gasteiger partial charge on any atom is 2.00 e. The molecular weight excluding hydrogens is 116 g/mol. The second kappa shape index (κ2) is 381. The predicted octanol–water partition coefficient (Wildman–Crippen LogP) is -1.12. The van der Waals surface area contributed by atoms with E-state index in [2.05, 4.69) is 11.8 Å². The van der Waals surface area contributed by atoms with E-state index in [-0.39, 0.29) is 17.1 Å². The van der Waals surface area contributed by atoms with Crippen LogP contribution in [0.3, 0.4) is 0 Å². The first-order chi connectivity index (χ1) is 2.00. The Bertz CT molecular complexity index is 7.61. The summed E-state index contributed by atoms with van der Waals surface area (Å²) in [4.78, 5) is 0. The number of nitrogens with two attached hydrogens (primary N) is 2. The third-order valence-electron chi connectivity index (χ3n) is 0. The van der Waals surface area contributed by atoms with Gasteiger partial charge in [0.1, 0.15) is 0 Å². The van der Waals surface area contributed by atoms with Crippen molar-refractivity contribution < 1.29 is 17.1 Å². The average Bonchev–Trinajstić information content (AvgIpc) is 1.50. The van der Waals surface area contributed by atoms with Crippen LogP contribution in [0.5, 0.6) is 0 Å². The van der Waals surface area contributed by atoms with Crippen molar-refractivity contribution in [2.75, 3.05) is 0 Å². The normalized spacial score (nSPS) is 2.40. The first-order valence-corrected chi connectivity index (χ1v) is 0.471. The molecule has 0 amide bonds. The summed E-state index contributed by atoms with van der Waals surface area (Å²) in [5, 5.41) is 15.5. The monoisotopic (exact) mass is 120 g/mol. The van der Waals surface area contributed by atoms with Crippen molar-refractivity contribution in [2.24, 2.45) is 11.8 Å². The molecule has 0 aliphatic heterocycles. The van der Waals surface area contributed by atoms with Gasteiger partial charge < -0.3 is 22.2 Å². The summed E-state index contributed by atoms with van der Waals surface area (Å²) in [7, 11) is 0. The largest absolute Gasteiger partial charge is 2.00 e. The van der Waals surface area contributed by atoms with E-state index in [4.69, 9.17) is 10.4 Å². The zero-order valence-corrected chi connectivity index (χ0v) is 3.43. The van der Waals surface area contributed by atoms with E-state index >= 15 is 0 Å². The van der Waals surface area contributed by atoms with Gasteiger partial charge in [0.05, 0.1) is 0 Å². The fourth-order valence-corrected chi connectivity index (χ4v) is 0. The molecule has 0 bridgehead atoms. The molecule has 5 heteroatoms. The maximum atomic E-state index is 7.75. The van der Waals surface area contributed by atoms with E-state index in [1.165, 1.54) is 0 Å². The molecule has 0 aromatic rings. The Morgan fingerprint density at radius 1 is 0.800 bits per heavy atom. The molecule has 34 valence electrons. The topological polar surface area (TPSA) is 98.2 Å². The van der Waals surface area contributed by atoms with Gasteiger partial charge in [-0.3, -0.25) is 0 Å². The van der Waals surface area contributed by atoms with E-state index in [1.54, 1.807) is 0 Å². The van der Waals surface area contributed by atoms with Crippen LogP contribution >= 0.6 is 0 Å². The summed E-state index contributed by atoms with van der Waals surface area (Å²) in [6, 6.07) is 0. The third-order valence-corrected chi connectivity index (χ3v) is 0. The Kier molecular flexibility index (Phi) is 1390. The standard InChI is InChI=1S/Fe.2H2NO/c;2*1-2/h;2*1H2/q+2;2*-1.